The Morgan fingerprint density at radius 3 is 2.27 bits per heavy atom. The van der Waals surface area contributed by atoms with Gasteiger partial charge < -0.3 is 10.5 Å². The lowest BCUT2D eigenvalue weighted by molar-refractivity contribution is -0.782. The Labute approximate surface area is 141 Å². The molecule has 1 N–H and O–H groups in total. The summed E-state index contributed by atoms with van der Waals surface area (Å²) >= 11 is 0. The van der Waals surface area contributed by atoms with Crippen molar-refractivity contribution in [3.8, 4) is 0 Å². The molecule has 14 heteroatoms. The lowest BCUT2D eigenvalue weighted by atomic mass is 10.1. The van der Waals surface area contributed by atoms with Crippen molar-refractivity contribution in [2.75, 3.05) is 5.32 Å². The highest BCUT2D eigenvalue weighted by Gasteiger charge is 2.36. The molecule has 1 heterocycles. The molecule has 0 amide bonds. The number of nitrogens with one attached hydrogen (secondary N) is 1. The van der Waals surface area contributed by atoms with Crippen LogP contribution in [0.2, 0.25) is 0 Å². The number of nitro groups is 3. The second-order valence-electron chi connectivity index (χ2n) is 4.83. The third-order valence-corrected chi connectivity index (χ3v) is 3.38. The molecule has 132 valence electrons. The monoisotopic (exact) mass is 362 g/mol. The molecule has 1 aromatic heterocycles. The minimum absolute atomic E-state index is 0.218. The largest absolute Gasteiger partial charge is 0.359 e. The van der Waals surface area contributed by atoms with Gasteiger partial charge in [0, 0.05) is 6.07 Å². The molecule has 0 spiro atoms. The van der Waals surface area contributed by atoms with Gasteiger partial charge in [-0.2, -0.15) is 0 Å². The summed E-state index contributed by atoms with van der Waals surface area (Å²) in [7, 11) is 0. The summed E-state index contributed by atoms with van der Waals surface area (Å²) in [6.45, 7) is 0. The Morgan fingerprint density at radius 2 is 1.65 bits per heavy atom. The molecule has 0 aliphatic carbocycles. The van der Waals surface area contributed by atoms with E-state index in [2.05, 4.69) is 15.1 Å². The SMILES string of the molecule is O=[N+]([O-])c1ccccc1Nc1c([N+](=O)[O-])cc2c(no[n+]2[O-])c1[N+](=O)[O-]. The summed E-state index contributed by atoms with van der Waals surface area (Å²) in [4.78, 5) is 30.9. The fourth-order valence-corrected chi connectivity index (χ4v) is 2.30. The van der Waals surface area contributed by atoms with E-state index < -0.39 is 48.6 Å². The van der Waals surface area contributed by atoms with Gasteiger partial charge in [0.2, 0.25) is 11.2 Å². The second kappa shape index (κ2) is 5.93. The number of fused-ring (bicyclic) bond motifs is 1. The molecule has 3 aromatic rings. The van der Waals surface area contributed by atoms with Crippen LogP contribution in [0.25, 0.3) is 11.0 Å². The maximum Gasteiger partial charge on any atom is 0.357 e. The Bertz CT molecular complexity index is 1080. The highest BCUT2D eigenvalue weighted by atomic mass is 16.8. The third kappa shape index (κ3) is 2.56. The zero-order valence-electron chi connectivity index (χ0n) is 12.4. The van der Waals surface area contributed by atoms with Crippen LogP contribution >= 0.6 is 0 Å². The molecule has 0 aliphatic rings. The predicted molar refractivity (Wildman–Crippen MR) is 82.7 cm³/mol. The van der Waals surface area contributed by atoms with E-state index in [1.54, 1.807) is 0 Å². The molecule has 0 unspecified atom stereocenters. The van der Waals surface area contributed by atoms with Crippen molar-refractivity contribution in [3.63, 3.8) is 0 Å². The third-order valence-electron chi connectivity index (χ3n) is 3.38. The Morgan fingerprint density at radius 1 is 1.00 bits per heavy atom. The molecule has 14 nitrogen and oxygen atoms in total. The molecule has 26 heavy (non-hydrogen) atoms. The molecule has 0 atom stereocenters. The van der Waals surface area contributed by atoms with Gasteiger partial charge in [-0.3, -0.25) is 35.0 Å². The highest BCUT2D eigenvalue weighted by molar-refractivity contribution is 5.96. The average Bonchev–Trinajstić information content (AvgIpc) is 2.94. The molecule has 0 saturated carbocycles. The van der Waals surface area contributed by atoms with Crippen molar-refractivity contribution >= 4 is 39.5 Å². The standard InChI is InChI=1S/C12H6N6O8/c19-15(20)7-4-2-1-3-6(7)13-10-8(16(21)22)5-9-11(12(10)17(23)24)14-26-18(9)25/h1-5,13H. The van der Waals surface area contributed by atoms with Crippen LogP contribution < -0.4 is 10.2 Å². The van der Waals surface area contributed by atoms with Crippen molar-refractivity contribution in [1.82, 2.24) is 5.16 Å². The van der Waals surface area contributed by atoms with Crippen LogP contribution in [0, 0.1) is 35.6 Å². The molecule has 3 rings (SSSR count). The van der Waals surface area contributed by atoms with Crippen LogP contribution in [-0.2, 0) is 0 Å². The predicted octanol–water partition coefficient (Wildman–Crippen LogP) is 1.93. The summed E-state index contributed by atoms with van der Waals surface area (Å²) in [5, 5.41) is 50.9. The topological polar surface area (TPSA) is 194 Å². The van der Waals surface area contributed by atoms with E-state index >= 15 is 0 Å². The van der Waals surface area contributed by atoms with Crippen molar-refractivity contribution in [2.45, 2.75) is 0 Å². The number of nitrogens with zero attached hydrogens (tertiary/aromatic N) is 5. The van der Waals surface area contributed by atoms with Crippen LogP contribution in [0.3, 0.4) is 0 Å². The lowest BCUT2D eigenvalue weighted by Crippen LogP contribution is -2.22. The number of hydrogen-bond donors (Lipinski definition) is 1. The first-order chi connectivity index (χ1) is 12.3. The van der Waals surface area contributed by atoms with Crippen molar-refractivity contribution in [1.29, 1.82) is 0 Å². The first-order valence-electron chi connectivity index (χ1n) is 6.67. The molecule has 0 radical (unpaired) electrons. The lowest BCUT2D eigenvalue weighted by Gasteiger charge is -2.07. The molecule has 0 aliphatic heterocycles. The van der Waals surface area contributed by atoms with Crippen LogP contribution in [0.1, 0.15) is 0 Å². The molecule has 2 aromatic carbocycles. The molecular weight excluding hydrogens is 356 g/mol. The number of para-hydroxylation sites is 2. The van der Waals surface area contributed by atoms with E-state index in [0.29, 0.717) is 0 Å². The van der Waals surface area contributed by atoms with Gasteiger partial charge in [0.25, 0.3) is 5.69 Å². The van der Waals surface area contributed by atoms with E-state index in [-0.39, 0.29) is 10.6 Å². The number of benzene rings is 2. The van der Waals surface area contributed by atoms with Gasteiger partial charge in [-0.05, 0) is 11.0 Å². The number of anilines is 2. The van der Waals surface area contributed by atoms with Crippen molar-refractivity contribution in [3.05, 3.63) is 65.9 Å². The maximum absolute atomic E-state index is 11.5. The maximum atomic E-state index is 11.5. The first-order valence-corrected chi connectivity index (χ1v) is 6.67. The van der Waals surface area contributed by atoms with Crippen molar-refractivity contribution < 1.29 is 24.3 Å². The number of nitro benzene ring substituents is 3. The summed E-state index contributed by atoms with van der Waals surface area (Å²) in [6.07, 6.45) is 0. The number of hydrogen-bond acceptors (Lipinski definition) is 10. The zero-order valence-corrected chi connectivity index (χ0v) is 12.4. The van der Waals surface area contributed by atoms with E-state index in [1.165, 1.54) is 18.2 Å². The fourth-order valence-electron chi connectivity index (χ4n) is 2.30. The Hall–Kier alpha value is -4.36. The van der Waals surface area contributed by atoms with Gasteiger partial charge in [-0.25, -0.2) is 0 Å². The second-order valence-corrected chi connectivity index (χ2v) is 4.83. The van der Waals surface area contributed by atoms with Gasteiger partial charge in [0.05, 0.1) is 26.0 Å². The summed E-state index contributed by atoms with van der Waals surface area (Å²) in [5.41, 5.74) is -4.21. The summed E-state index contributed by atoms with van der Waals surface area (Å²) in [5.74, 6) is 0. The van der Waals surface area contributed by atoms with E-state index in [9.17, 15) is 35.6 Å². The summed E-state index contributed by atoms with van der Waals surface area (Å²) in [6, 6.07) is 5.80. The Kier molecular flexibility index (Phi) is 3.76. The van der Waals surface area contributed by atoms with Gasteiger partial charge in [-0.15, -0.1) is 0 Å². The zero-order chi connectivity index (χ0) is 19.0. The fraction of sp³-hybridized carbons (Fsp3) is 0. The van der Waals surface area contributed by atoms with Crippen LogP contribution in [0.15, 0.2) is 35.0 Å². The van der Waals surface area contributed by atoms with Gasteiger partial charge in [0.1, 0.15) is 5.69 Å². The van der Waals surface area contributed by atoms with Crippen LogP contribution in [-0.4, -0.2) is 19.9 Å². The molecule has 0 saturated heterocycles. The normalized spacial score (nSPS) is 10.6. The molecule has 0 bridgehead atoms. The van der Waals surface area contributed by atoms with Gasteiger partial charge in [0.15, 0.2) is 0 Å². The van der Waals surface area contributed by atoms with Gasteiger partial charge in [-0.1, -0.05) is 12.1 Å². The highest BCUT2D eigenvalue weighted by Crippen LogP contribution is 2.42. The van der Waals surface area contributed by atoms with Gasteiger partial charge >= 0.3 is 16.9 Å². The van der Waals surface area contributed by atoms with E-state index in [1.807, 2.05) is 0 Å². The Balaban J connectivity index is 2.33. The average molecular weight is 362 g/mol. The number of aromatic nitrogens is 2. The van der Waals surface area contributed by atoms with Crippen molar-refractivity contribution in [2.24, 2.45) is 0 Å². The smallest absolute Gasteiger partial charge is 0.357 e. The number of rotatable bonds is 5. The van der Waals surface area contributed by atoms with Crippen LogP contribution in [0.5, 0.6) is 0 Å². The van der Waals surface area contributed by atoms with E-state index in [0.717, 1.165) is 12.1 Å². The van der Waals surface area contributed by atoms with E-state index in [4.69, 9.17) is 0 Å². The quantitative estimate of drug-likeness (QED) is 0.398. The minimum Gasteiger partial charge on any atom is -0.359 e. The first kappa shape index (κ1) is 16.5. The minimum atomic E-state index is -1.00. The summed E-state index contributed by atoms with van der Waals surface area (Å²) < 4.78 is 4.26. The molecular formula is C12H6N6O8. The van der Waals surface area contributed by atoms with Crippen LogP contribution in [0.4, 0.5) is 28.4 Å². The molecule has 0 fully saturated rings.